The van der Waals surface area contributed by atoms with Gasteiger partial charge >= 0.3 is 0 Å². The molecule has 0 spiro atoms. The van der Waals surface area contributed by atoms with Crippen molar-refractivity contribution in [2.45, 2.75) is 25.4 Å². The highest BCUT2D eigenvalue weighted by molar-refractivity contribution is 5.55. The third-order valence-electron chi connectivity index (χ3n) is 4.65. The van der Waals surface area contributed by atoms with Gasteiger partial charge in [-0.15, -0.1) is 0 Å². The Morgan fingerprint density at radius 3 is 3.00 bits per heavy atom. The van der Waals surface area contributed by atoms with Gasteiger partial charge in [-0.3, -0.25) is 4.90 Å². The van der Waals surface area contributed by atoms with Gasteiger partial charge in [-0.25, -0.2) is 4.98 Å². The van der Waals surface area contributed by atoms with E-state index >= 15 is 0 Å². The van der Waals surface area contributed by atoms with Gasteiger partial charge in [0.25, 0.3) is 0 Å². The molecule has 21 heavy (non-hydrogen) atoms. The molecule has 4 rings (SSSR count). The molecular formula is C17H21N3O. The molecule has 0 radical (unpaired) electrons. The van der Waals surface area contributed by atoms with Crippen molar-refractivity contribution < 1.29 is 4.42 Å². The van der Waals surface area contributed by atoms with Crippen LogP contribution < -0.4 is 5.32 Å². The first kappa shape index (κ1) is 13.0. The Bertz CT molecular complexity index is 581. The highest BCUT2D eigenvalue weighted by Gasteiger charge is 2.34. The quantitative estimate of drug-likeness (QED) is 0.940. The first-order valence-corrected chi connectivity index (χ1v) is 7.84. The third kappa shape index (κ3) is 2.74. The lowest BCUT2D eigenvalue weighted by Gasteiger charge is -2.24. The number of fused-ring (bicyclic) bond motifs is 1. The molecule has 2 aliphatic heterocycles. The molecule has 2 fully saturated rings. The molecule has 110 valence electrons. The predicted octanol–water partition coefficient (Wildman–Crippen LogP) is 2.53. The van der Waals surface area contributed by atoms with Crippen LogP contribution >= 0.6 is 0 Å². The first-order chi connectivity index (χ1) is 10.4. The topological polar surface area (TPSA) is 41.3 Å². The SMILES string of the molecule is c1ccc(-c2cnc(CN3C[C@@H]4CCCN[C@@H]4C3)o2)cc1. The van der Waals surface area contributed by atoms with Crippen molar-refractivity contribution in [1.29, 1.82) is 0 Å². The van der Waals surface area contributed by atoms with Crippen LogP contribution in [0.5, 0.6) is 0 Å². The van der Waals surface area contributed by atoms with E-state index in [-0.39, 0.29) is 0 Å². The standard InChI is InChI=1S/C17H21N3O/c1-2-5-13(6-3-1)16-9-19-17(21-16)12-20-10-14-7-4-8-18-15(14)11-20/h1-3,5-6,9,14-15,18H,4,7-8,10-12H2/t14-,15+/m0/s1. The molecule has 3 heterocycles. The molecule has 0 bridgehead atoms. The number of piperidine rings is 1. The van der Waals surface area contributed by atoms with Crippen molar-refractivity contribution >= 4 is 0 Å². The summed E-state index contributed by atoms with van der Waals surface area (Å²) in [4.78, 5) is 6.91. The van der Waals surface area contributed by atoms with Gasteiger partial charge in [0.2, 0.25) is 5.89 Å². The van der Waals surface area contributed by atoms with E-state index in [1.54, 1.807) is 0 Å². The Morgan fingerprint density at radius 1 is 1.24 bits per heavy atom. The van der Waals surface area contributed by atoms with Crippen LogP contribution in [0.15, 0.2) is 40.9 Å². The number of nitrogens with zero attached hydrogens (tertiary/aromatic N) is 2. The molecule has 2 atom stereocenters. The lowest BCUT2D eigenvalue weighted by atomic mass is 9.94. The summed E-state index contributed by atoms with van der Waals surface area (Å²) in [6, 6.07) is 10.8. The smallest absolute Gasteiger partial charge is 0.209 e. The van der Waals surface area contributed by atoms with Gasteiger partial charge in [-0.05, 0) is 25.3 Å². The molecule has 1 N–H and O–H groups in total. The zero-order chi connectivity index (χ0) is 14.1. The molecule has 1 aromatic carbocycles. The van der Waals surface area contributed by atoms with Crippen LogP contribution in [0.2, 0.25) is 0 Å². The van der Waals surface area contributed by atoms with Crippen molar-refractivity contribution in [3.05, 3.63) is 42.4 Å². The highest BCUT2D eigenvalue weighted by Crippen LogP contribution is 2.27. The predicted molar refractivity (Wildman–Crippen MR) is 81.7 cm³/mol. The number of hydrogen-bond donors (Lipinski definition) is 1. The van der Waals surface area contributed by atoms with Gasteiger partial charge in [0.15, 0.2) is 5.76 Å². The Labute approximate surface area is 125 Å². The van der Waals surface area contributed by atoms with Crippen molar-refractivity contribution in [2.75, 3.05) is 19.6 Å². The van der Waals surface area contributed by atoms with E-state index < -0.39 is 0 Å². The number of benzene rings is 1. The van der Waals surface area contributed by atoms with E-state index in [0.29, 0.717) is 6.04 Å². The van der Waals surface area contributed by atoms with Crippen LogP contribution in [0, 0.1) is 5.92 Å². The minimum absolute atomic E-state index is 0.669. The summed E-state index contributed by atoms with van der Waals surface area (Å²) in [5.41, 5.74) is 1.09. The molecule has 2 aliphatic rings. The molecule has 2 saturated heterocycles. The Morgan fingerprint density at radius 2 is 2.14 bits per heavy atom. The fourth-order valence-corrected chi connectivity index (χ4v) is 3.58. The van der Waals surface area contributed by atoms with Crippen LogP contribution in [-0.2, 0) is 6.54 Å². The summed E-state index contributed by atoms with van der Waals surface area (Å²) in [6.07, 6.45) is 4.51. The fraction of sp³-hybridized carbons (Fsp3) is 0.471. The van der Waals surface area contributed by atoms with Gasteiger partial charge in [0, 0.05) is 24.7 Å². The normalized spacial score (nSPS) is 25.9. The maximum absolute atomic E-state index is 5.91. The Balaban J connectivity index is 1.43. The van der Waals surface area contributed by atoms with E-state index in [4.69, 9.17) is 4.42 Å². The minimum Gasteiger partial charge on any atom is -0.439 e. The maximum Gasteiger partial charge on any atom is 0.209 e. The monoisotopic (exact) mass is 283 g/mol. The van der Waals surface area contributed by atoms with E-state index in [0.717, 1.165) is 36.2 Å². The minimum atomic E-state index is 0.669. The summed E-state index contributed by atoms with van der Waals surface area (Å²) >= 11 is 0. The summed E-state index contributed by atoms with van der Waals surface area (Å²) in [6.45, 7) is 4.28. The van der Waals surface area contributed by atoms with Crippen LogP contribution in [0.3, 0.4) is 0 Å². The Kier molecular flexibility index (Phi) is 3.49. The second-order valence-corrected chi connectivity index (χ2v) is 6.14. The zero-order valence-electron chi connectivity index (χ0n) is 12.2. The first-order valence-electron chi connectivity index (χ1n) is 7.84. The van der Waals surface area contributed by atoms with Gasteiger partial charge in [-0.1, -0.05) is 30.3 Å². The van der Waals surface area contributed by atoms with Crippen molar-refractivity contribution in [3.63, 3.8) is 0 Å². The number of likely N-dealkylation sites (tertiary alicyclic amines) is 1. The lowest BCUT2D eigenvalue weighted by Crippen LogP contribution is -2.40. The van der Waals surface area contributed by atoms with Crippen LogP contribution in [0.1, 0.15) is 18.7 Å². The second kappa shape index (κ2) is 5.62. The summed E-state index contributed by atoms with van der Waals surface area (Å²) < 4.78 is 5.91. The molecule has 0 unspecified atom stereocenters. The fourth-order valence-electron chi connectivity index (χ4n) is 3.58. The van der Waals surface area contributed by atoms with E-state index in [1.165, 1.54) is 25.9 Å². The number of oxazole rings is 1. The van der Waals surface area contributed by atoms with E-state index in [9.17, 15) is 0 Å². The van der Waals surface area contributed by atoms with Gasteiger partial charge < -0.3 is 9.73 Å². The summed E-state index contributed by atoms with van der Waals surface area (Å²) in [5, 5.41) is 3.64. The lowest BCUT2D eigenvalue weighted by molar-refractivity contribution is 0.280. The van der Waals surface area contributed by atoms with E-state index in [2.05, 4.69) is 27.3 Å². The molecular weight excluding hydrogens is 262 g/mol. The average Bonchev–Trinajstić information content (AvgIpc) is 3.14. The van der Waals surface area contributed by atoms with E-state index in [1.807, 2.05) is 24.4 Å². The number of aromatic nitrogens is 1. The molecule has 4 heteroatoms. The van der Waals surface area contributed by atoms with Crippen LogP contribution in [-0.4, -0.2) is 35.6 Å². The second-order valence-electron chi connectivity index (χ2n) is 6.14. The summed E-state index contributed by atoms with van der Waals surface area (Å²) in [5.74, 6) is 2.50. The largest absolute Gasteiger partial charge is 0.439 e. The Hall–Kier alpha value is -1.65. The molecule has 0 aliphatic carbocycles. The molecule has 4 nitrogen and oxygen atoms in total. The molecule has 1 aromatic heterocycles. The summed E-state index contributed by atoms with van der Waals surface area (Å²) in [7, 11) is 0. The van der Waals surface area contributed by atoms with Crippen molar-refractivity contribution in [1.82, 2.24) is 15.2 Å². The van der Waals surface area contributed by atoms with Crippen molar-refractivity contribution in [3.8, 4) is 11.3 Å². The zero-order valence-corrected chi connectivity index (χ0v) is 12.2. The highest BCUT2D eigenvalue weighted by atomic mass is 16.4. The maximum atomic E-state index is 5.91. The third-order valence-corrected chi connectivity index (χ3v) is 4.65. The van der Waals surface area contributed by atoms with Crippen molar-refractivity contribution in [2.24, 2.45) is 5.92 Å². The van der Waals surface area contributed by atoms with Crippen LogP contribution in [0.25, 0.3) is 11.3 Å². The molecule has 2 aromatic rings. The number of hydrogen-bond acceptors (Lipinski definition) is 4. The molecule has 0 amide bonds. The number of nitrogens with one attached hydrogen (secondary N) is 1. The molecule has 0 saturated carbocycles. The average molecular weight is 283 g/mol. The van der Waals surface area contributed by atoms with Gasteiger partial charge in [-0.2, -0.15) is 0 Å². The number of rotatable bonds is 3. The van der Waals surface area contributed by atoms with Gasteiger partial charge in [0.05, 0.1) is 12.7 Å². The van der Waals surface area contributed by atoms with Crippen LogP contribution in [0.4, 0.5) is 0 Å². The van der Waals surface area contributed by atoms with Gasteiger partial charge in [0.1, 0.15) is 0 Å².